The molecule has 0 spiro atoms. The van der Waals surface area contributed by atoms with Gasteiger partial charge in [-0.25, -0.2) is 0 Å². The normalized spacial score (nSPS) is 16.0. The van der Waals surface area contributed by atoms with Crippen molar-refractivity contribution in [3.63, 3.8) is 0 Å². The second kappa shape index (κ2) is 5.48. The summed E-state index contributed by atoms with van der Waals surface area (Å²) >= 11 is 1.71. The summed E-state index contributed by atoms with van der Waals surface area (Å²) in [7, 11) is 0. The third-order valence-electron chi connectivity index (χ3n) is 1.68. The van der Waals surface area contributed by atoms with Gasteiger partial charge in [-0.2, -0.15) is 11.3 Å². The van der Waals surface area contributed by atoms with Crippen molar-refractivity contribution >= 4 is 11.3 Å². The lowest BCUT2D eigenvalue weighted by atomic mass is 10.4. The SMILES string of the molecule is C1CCCC1.c1ccsc1. The summed E-state index contributed by atoms with van der Waals surface area (Å²) in [5.74, 6) is 0. The van der Waals surface area contributed by atoms with E-state index >= 15 is 0 Å². The van der Waals surface area contributed by atoms with Crippen LogP contribution in [0.3, 0.4) is 0 Å². The molecule has 0 aromatic carbocycles. The largest absolute Gasteiger partial charge is 0.152 e. The predicted molar refractivity (Wildman–Crippen MR) is 47.4 cm³/mol. The van der Waals surface area contributed by atoms with Gasteiger partial charge >= 0.3 is 0 Å². The zero-order chi connectivity index (χ0) is 7.07. The number of thiophene rings is 1. The molecular formula is C9H14S. The Labute approximate surface area is 66.9 Å². The van der Waals surface area contributed by atoms with Crippen LogP contribution in [0, 0.1) is 0 Å². The molecule has 1 aromatic rings. The Bertz CT molecular complexity index is 104. The van der Waals surface area contributed by atoms with Gasteiger partial charge < -0.3 is 0 Å². The maximum atomic E-state index is 2.04. The second-order valence-corrected chi connectivity index (χ2v) is 3.38. The van der Waals surface area contributed by atoms with E-state index in [2.05, 4.69) is 0 Å². The van der Waals surface area contributed by atoms with E-state index < -0.39 is 0 Å². The number of hydrogen-bond donors (Lipinski definition) is 0. The van der Waals surface area contributed by atoms with E-state index in [9.17, 15) is 0 Å². The van der Waals surface area contributed by atoms with E-state index in [-0.39, 0.29) is 0 Å². The molecule has 0 N–H and O–H groups in total. The van der Waals surface area contributed by atoms with Gasteiger partial charge in [-0.15, -0.1) is 0 Å². The highest BCUT2D eigenvalue weighted by atomic mass is 32.1. The Morgan fingerprint density at radius 3 is 1.30 bits per heavy atom. The molecule has 0 amide bonds. The minimum atomic E-state index is 1.50. The zero-order valence-electron chi connectivity index (χ0n) is 6.25. The van der Waals surface area contributed by atoms with Crippen LogP contribution >= 0.6 is 11.3 Å². The molecule has 1 heteroatoms. The quantitative estimate of drug-likeness (QED) is 0.534. The molecular weight excluding hydrogens is 140 g/mol. The first-order valence-corrected chi connectivity index (χ1v) is 4.91. The van der Waals surface area contributed by atoms with Crippen LogP contribution in [0.1, 0.15) is 32.1 Å². The van der Waals surface area contributed by atoms with E-state index in [1.165, 1.54) is 32.1 Å². The molecule has 0 atom stereocenters. The van der Waals surface area contributed by atoms with Crippen LogP contribution in [-0.4, -0.2) is 0 Å². The first-order valence-electron chi connectivity index (χ1n) is 3.97. The van der Waals surface area contributed by atoms with Crippen LogP contribution < -0.4 is 0 Å². The summed E-state index contributed by atoms with van der Waals surface area (Å²) in [6.07, 6.45) is 7.50. The number of rotatable bonds is 0. The number of hydrogen-bond acceptors (Lipinski definition) is 1. The van der Waals surface area contributed by atoms with Gasteiger partial charge in [0.25, 0.3) is 0 Å². The van der Waals surface area contributed by atoms with Crippen molar-refractivity contribution in [2.24, 2.45) is 0 Å². The minimum Gasteiger partial charge on any atom is -0.152 e. The summed E-state index contributed by atoms with van der Waals surface area (Å²) in [5, 5.41) is 4.08. The molecule has 0 bridgehead atoms. The molecule has 1 aromatic heterocycles. The van der Waals surface area contributed by atoms with Crippen LogP contribution in [0.25, 0.3) is 0 Å². The molecule has 1 aliphatic rings. The van der Waals surface area contributed by atoms with Crippen molar-refractivity contribution in [2.75, 3.05) is 0 Å². The van der Waals surface area contributed by atoms with Gasteiger partial charge in [0.1, 0.15) is 0 Å². The molecule has 0 nitrogen and oxygen atoms in total. The summed E-state index contributed by atoms with van der Waals surface area (Å²) in [5.41, 5.74) is 0. The van der Waals surface area contributed by atoms with Gasteiger partial charge in [-0.3, -0.25) is 0 Å². The topological polar surface area (TPSA) is 0 Å². The van der Waals surface area contributed by atoms with Gasteiger partial charge in [0.05, 0.1) is 0 Å². The summed E-state index contributed by atoms with van der Waals surface area (Å²) in [4.78, 5) is 0. The standard InChI is InChI=1S/C5H10.C4H4S/c2*1-2-4-5-3-1/h1-5H2;1-4H. The fraction of sp³-hybridized carbons (Fsp3) is 0.556. The van der Waals surface area contributed by atoms with Crippen LogP contribution in [0.5, 0.6) is 0 Å². The minimum absolute atomic E-state index is 1.50. The van der Waals surface area contributed by atoms with Crippen molar-refractivity contribution in [3.05, 3.63) is 22.9 Å². The predicted octanol–water partition coefficient (Wildman–Crippen LogP) is 3.70. The van der Waals surface area contributed by atoms with E-state index in [0.717, 1.165) is 0 Å². The summed E-state index contributed by atoms with van der Waals surface area (Å²) < 4.78 is 0. The van der Waals surface area contributed by atoms with Crippen molar-refractivity contribution in [1.29, 1.82) is 0 Å². The third kappa shape index (κ3) is 3.67. The van der Waals surface area contributed by atoms with Crippen molar-refractivity contribution < 1.29 is 0 Å². The molecule has 10 heavy (non-hydrogen) atoms. The Kier molecular flexibility index (Phi) is 4.28. The highest BCUT2D eigenvalue weighted by Gasteiger charge is 1.95. The average Bonchev–Trinajstić information content (AvgIpc) is 2.67. The highest BCUT2D eigenvalue weighted by Crippen LogP contribution is 2.15. The van der Waals surface area contributed by atoms with Gasteiger partial charge in [-0.05, 0) is 10.8 Å². The Balaban J connectivity index is 0.0000001000. The van der Waals surface area contributed by atoms with Crippen LogP contribution in [0.2, 0.25) is 0 Å². The lowest BCUT2D eigenvalue weighted by Gasteiger charge is -1.67. The van der Waals surface area contributed by atoms with Crippen LogP contribution in [-0.2, 0) is 0 Å². The third-order valence-corrected chi connectivity index (χ3v) is 2.30. The zero-order valence-corrected chi connectivity index (χ0v) is 7.07. The highest BCUT2D eigenvalue weighted by molar-refractivity contribution is 7.07. The summed E-state index contributed by atoms with van der Waals surface area (Å²) in [6.45, 7) is 0. The molecule has 1 heterocycles. The second-order valence-electron chi connectivity index (χ2n) is 2.56. The molecule has 0 unspecified atom stereocenters. The van der Waals surface area contributed by atoms with Crippen molar-refractivity contribution in [3.8, 4) is 0 Å². The van der Waals surface area contributed by atoms with E-state index in [1.807, 2.05) is 22.9 Å². The first-order chi connectivity index (χ1) is 5.00. The molecule has 1 saturated carbocycles. The monoisotopic (exact) mass is 154 g/mol. The average molecular weight is 154 g/mol. The molecule has 1 aliphatic carbocycles. The van der Waals surface area contributed by atoms with Gasteiger partial charge in [0.15, 0.2) is 0 Å². The Morgan fingerprint density at radius 1 is 0.700 bits per heavy atom. The van der Waals surface area contributed by atoms with Crippen molar-refractivity contribution in [2.45, 2.75) is 32.1 Å². The van der Waals surface area contributed by atoms with Crippen LogP contribution in [0.15, 0.2) is 22.9 Å². The fourth-order valence-corrected chi connectivity index (χ4v) is 1.56. The van der Waals surface area contributed by atoms with Gasteiger partial charge in [-0.1, -0.05) is 44.2 Å². The van der Waals surface area contributed by atoms with E-state index in [1.54, 1.807) is 11.3 Å². The first kappa shape index (κ1) is 7.80. The maximum absolute atomic E-state index is 2.04. The fourth-order valence-electron chi connectivity index (χ4n) is 1.11. The molecule has 1 fully saturated rings. The molecule has 0 aliphatic heterocycles. The molecule has 56 valence electrons. The van der Waals surface area contributed by atoms with Gasteiger partial charge in [0, 0.05) is 0 Å². The van der Waals surface area contributed by atoms with Gasteiger partial charge in [0.2, 0.25) is 0 Å². The summed E-state index contributed by atoms with van der Waals surface area (Å²) in [6, 6.07) is 4.04. The van der Waals surface area contributed by atoms with Crippen molar-refractivity contribution in [1.82, 2.24) is 0 Å². The lowest BCUT2D eigenvalue weighted by Crippen LogP contribution is -1.47. The maximum Gasteiger partial charge on any atom is -0.00934 e. The van der Waals surface area contributed by atoms with E-state index in [0.29, 0.717) is 0 Å². The van der Waals surface area contributed by atoms with Crippen LogP contribution in [0.4, 0.5) is 0 Å². The Hall–Kier alpha value is -0.300. The smallest absolute Gasteiger partial charge is 0.00934 e. The lowest BCUT2D eigenvalue weighted by molar-refractivity contribution is 0.886. The molecule has 2 rings (SSSR count). The Morgan fingerprint density at radius 2 is 1.10 bits per heavy atom. The molecule has 0 radical (unpaired) electrons. The molecule has 0 saturated heterocycles. The van der Waals surface area contributed by atoms with E-state index in [4.69, 9.17) is 0 Å².